The first kappa shape index (κ1) is 13.6. The summed E-state index contributed by atoms with van der Waals surface area (Å²) in [5.74, 6) is 0. The molecule has 2 aromatic heterocycles. The number of hydrogen-bond donors (Lipinski definition) is 0. The summed E-state index contributed by atoms with van der Waals surface area (Å²) < 4.78 is 2.94. The third kappa shape index (κ3) is 2.25. The first-order chi connectivity index (χ1) is 9.58. The summed E-state index contributed by atoms with van der Waals surface area (Å²) in [5, 5.41) is 13.2. The maximum absolute atomic E-state index is 12.3. The van der Waals surface area contributed by atoms with E-state index in [1.807, 2.05) is 14.1 Å². The molecule has 0 aromatic carbocycles. The van der Waals surface area contributed by atoms with E-state index in [-0.39, 0.29) is 5.28 Å². The van der Waals surface area contributed by atoms with Gasteiger partial charge in [-0.15, -0.1) is 0 Å². The fourth-order valence-electron chi connectivity index (χ4n) is 3.18. The van der Waals surface area contributed by atoms with E-state index in [2.05, 4.69) is 20.5 Å². The van der Waals surface area contributed by atoms with Crippen molar-refractivity contribution >= 4 is 22.6 Å². The zero-order chi connectivity index (χ0) is 14.3. The quantitative estimate of drug-likeness (QED) is 0.496. The number of halogens is 1. The van der Waals surface area contributed by atoms with Gasteiger partial charge in [-0.1, -0.05) is 4.98 Å². The maximum atomic E-state index is 12.3. The predicted molar refractivity (Wildman–Crippen MR) is 78.6 cm³/mol. The van der Waals surface area contributed by atoms with Gasteiger partial charge in [-0.2, -0.15) is 0 Å². The maximum Gasteiger partial charge on any atom is 0.335 e. The standard InChI is InChI=1S/C14H19ClN4O/c1-17(2)9-12-7-10-8-16-14(15)19(20)13(10)18(12)11-5-3-4-6-11/h7-8,11H,3-6,9H2,1-2H3. The van der Waals surface area contributed by atoms with Gasteiger partial charge in [-0.3, -0.25) is 4.57 Å². The molecule has 0 radical (unpaired) electrons. The number of rotatable bonds is 3. The van der Waals surface area contributed by atoms with E-state index in [0.717, 1.165) is 35.2 Å². The molecule has 0 aliphatic heterocycles. The zero-order valence-corrected chi connectivity index (χ0v) is 12.6. The second kappa shape index (κ2) is 5.22. The topological polar surface area (TPSA) is 48.0 Å². The highest BCUT2D eigenvalue weighted by Gasteiger charge is 2.27. The van der Waals surface area contributed by atoms with E-state index in [0.29, 0.717) is 11.7 Å². The SMILES string of the molecule is CN(C)Cc1cc2cnc(Cl)[n+]([O-])c2n1C1CCCC1. The molecule has 20 heavy (non-hydrogen) atoms. The van der Waals surface area contributed by atoms with Crippen LogP contribution in [-0.2, 0) is 6.54 Å². The Labute approximate surface area is 123 Å². The van der Waals surface area contributed by atoms with Crippen molar-refractivity contribution in [3.05, 3.63) is 28.4 Å². The third-order valence-corrected chi connectivity index (χ3v) is 4.21. The van der Waals surface area contributed by atoms with Crippen LogP contribution in [0, 0.1) is 5.21 Å². The lowest BCUT2D eigenvalue weighted by Crippen LogP contribution is -2.33. The fourth-order valence-corrected chi connectivity index (χ4v) is 3.31. The van der Waals surface area contributed by atoms with Crippen LogP contribution in [0.3, 0.4) is 0 Å². The van der Waals surface area contributed by atoms with Crippen molar-refractivity contribution in [3.63, 3.8) is 0 Å². The molecule has 0 N–H and O–H groups in total. The Morgan fingerprint density at radius 3 is 2.80 bits per heavy atom. The molecule has 1 aliphatic rings. The minimum atomic E-state index is -0.00810. The average molecular weight is 295 g/mol. The first-order valence-corrected chi connectivity index (χ1v) is 7.38. The van der Waals surface area contributed by atoms with Crippen molar-refractivity contribution in [1.82, 2.24) is 14.5 Å². The van der Waals surface area contributed by atoms with Gasteiger partial charge in [-0.05, 0) is 57.4 Å². The van der Waals surface area contributed by atoms with E-state index >= 15 is 0 Å². The first-order valence-electron chi connectivity index (χ1n) is 7.00. The molecule has 108 valence electrons. The molecule has 0 bridgehead atoms. The van der Waals surface area contributed by atoms with Crippen molar-refractivity contribution in [2.24, 2.45) is 0 Å². The van der Waals surface area contributed by atoms with Crippen LogP contribution in [0.15, 0.2) is 12.3 Å². The molecule has 2 aromatic rings. The van der Waals surface area contributed by atoms with Crippen LogP contribution in [-0.4, -0.2) is 28.5 Å². The summed E-state index contributed by atoms with van der Waals surface area (Å²) in [6.45, 7) is 0.808. The molecule has 1 fully saturated rings. The zero-order valence-electron chi connectivity index (χ0n) is 11.8. The summed E-state index contributed by atoms with van der Waals surface area (Å²) >= 11 is 5.90. The molecule has 0 saturated heterocycles. The van der Waals surface area contributed by atoms with E-state index < -0.39 is 0 Å². The van der Waals surface area contributed by atoms with Gasteiger partial charge in [0.1, 0.15) is 6.20 Å². The molecule has 0 atom stereocenters. The summed E-state index contributed by atoms with van der Waals surface area (Å²) in [5.41, 5.74) is 1.80. The van der Waals surface area contributed by atoms with E-state index in [9.17, 15) is 5.21 Å². The molecular formula is C14H19ClN4O. The Hall–Kier alpha value is -1.33. The van der Waals surface area contributed by atoms with E-state index in [4.69, 9.17) is 11.6 Å². The Kier molecular flexibility index (Phi) is 3.56. The monoisotopic (exact) mass is 294 g/mol. The normalized spacial score (nSPS) is 16.6. The fraction of sp³-hybridized carbons (Fsp3) is 0.571. The van der Waals surface area contributed by atoms with Crippen molar-refractivity contribution in [3.8, 4) is 0 Å². The van der Waals surface area contributed by atoms with E-state index in [1.54, 1.807) is 6.20 Å². The number of fused-ring (bicyclic) bond motifs is 1. The van der Waals surface area contributed by atoms with Crippen molar-refractivity contribution in [1.29, 1.82) is 0 Å². The molecule has 5 nitrogen and oxygen atoms in total. The van der Waals surface area contributed by atoms with Gasteiger partial charge >= 0.3 is 5.28 Å². The minimum absolute atomic E-state index is 0.00810. The Balaban J connectivity index is 2.21. The number of hydrogen-bond acceptors (Lipinski definition) is 3. The van der Waals surface area contributed by atoms with Crippen LogP contribution in [0.4, 0.5) is 0 Å². The molecule has 0 amide bonds. The Morgan fingerprint density at radius 2 is 2.15 bits per heavy atom. The summed E-state index contributed by atoms with van der Waals surface area (Å²) in [6, 6.07) is 2.46. The molecule has 3 rings (SSSR count). The lowest BCUT2D eigenvalue weighted by atomic mass is 10.2. The Bertz CT molecular complexity index is 632. The summed E-state index contributed by atoms with van der Waals surface area (Å²) in [7, 11) is 4.07. The van der Waals surface area contributed by atoms with Gasteiger partial charge < -0.3 is 10.1 Å². The van der Waals surface area contributed by atoms with Crippen LogP contribution in [0.5, 0.6) is 0 Å². The van der Waals surface area contributed by atoms with Crippen LogP contribution >= 0.6 is 11.6 Å². The second-order valence-corrected chi connectivity index (χ2v) is 6.12. The van der Waals surface area contributed by atoms with Gasteiger partial charge in [0.25, 0.3) is 0 Å². The highest BCUT2D eigenvalue weighted by Crippen LogP contribution is 2.34. The van der Waals surface area contributed by atoms with E-state index in [1.165, 1.54) is 12.8 Å². The van der Waals surface area contributed by atoms with Gasteiger partial charge in [0.15, 0.2) is 0 Å². The molecule has 6 heteroatoms. The molecule has 2 heterocycles. The Morgan fingerprint density at radius 1 is 1.45 bits per heavy atom. The number of aromatic nitrogens is 3. The third-order valence-electron chi connectivity index (χ3n) is 3.96. The van der Waals surface area contributed by atoms with Crippen LogP contribution in [0.1, 0.15) is 37.4 Å². The van der Waals surface area contributed by atoms with Gasteiger partial charge in [0.2, 0.25) is 5.65 Å². The molecule has 0 spiro atoms. The molecule has 0 unspecified atom stereocenters. The number of nitrogens with zero attached hydrogens (tertiary/aromatic N) is 4. The van der Waals surface area contributed by atoms with Crippen molar-refractivity contribution < 1.29 is 4.73 Å². The summed E-state index contributed by atoms with van der Waals surface area (Å²) in [6.07, 6.45) is 6.40. The van der Waals surface area contributed by atoms with Gasteiger partial charge in [-0.25, -0.2) is 4.73 Å². The highest BCUT2D eigenvalue weighted by atomic mass is 35.5. The lowest BCUT2D eigenvalue weighted by molar-refractivity contribution is -0.581. The second-order valence-electron chi connectivity index (χ2n) is 5.78. The molecular weight excluding hydrogens is 276 g/mol. The van der Waals surface area contributed by atoms with Gasteiger partial charge in [0.05, 0.1) is 23.7 Å². The van der Waals surface area contributed by atoms with Crippen LogP contribution < -0.4 is 4.73 Å². The predicted octanol–water partition coefficient (Wildman–Crippen LogP) is 2.50. The van der Waals surface area contributed by atoms with Crippen molar-refractivity contribution in [2.75, 3.05) is 14.1 Å². The smallest absolute Gasteiger partial charge is 0.335 e. The van der Waals surface area contributed by atoms with Crippen LogP contribution in [0.25, 0.3) is 11.0 Å². The highest BCUT2D eigenvalue weighted by molar-refractivity contribution is 6.27. The van der Waals surface area contributed by atoms with Crippen molar-refractivity contribution in [2.45, 2.75) is 38.3 Å². The molecule has 1 aliphatic carbocycles. The molecule has 1 saturated carbocycles. The largest absolute Gasteiger partial charge is 0.739 e. The minimum Gasteiger partial charge on any atom is -0.739 e. The van der Waals surface area contributed by atoms with Crippen LogP contribution in [0.2, 0.25) is 5.28 Å². The van der Waals surface area contributed by atoms with Gasteiger partial charge in [0, 0.05) is 0 Å². The average Bonchev–Trinajstić information content (AvgIpc) is 3.00. The lowest BCUT2D eigenvalue weighted by Gasteiger charge is -2.17. The summed E-state index contributed by atoms with van der Waals surface area (Å²) in [4.78, 5) is 6.07.